The summed E-state index contributed by atoms with van der Waals surface area (Å²) in [7, 11) is 0. The summed E-state index contributed by atoms with van der Waals surface area (Å²) in [6, 6.07) is 1.82. The van der Waals surface area contributed by atoms with Gasteiger partial charge in [0.05, 0.1) is 15.6 Å². The van der Waals surface area contributed by atoms with E-state index in [0.717, 1.165) is 24.3 Å². The Bertz CT molecular complexity index is 483. The van der Waals surface area contributed by atoms with Crippen molar-refractivity contribution in [1.82, 2.24) is 0 Å². The van der Waals surface area contributed by atoms with Crippen LogP contribution in [0.3, 0.4) is 0 Å². The highest BCUT2D eigenvalue weighted by atomic mass is 35.5. The minimum atomic E-state index is -4.59. The molecule has 17 heavy (non-hydrogen) atoms. The van der Waals surface area contributed by atoms with Gasteiger partial charge in [0.15, 0.2) is 0 Å². The number of alkyl halides is 3. The number of rotatable bonds is 2. The highest BCUT2D eigenvalue weighted by molar-refractivity contribution is 6.43. The number of halogens is 5. The predicted octanol–water partition coefficient (Wildman–Crippen LogP) is 3.51. The molecule has 0 radical (unpaired) electrons. The Labute approximate surface area is 105 Å². The average Bonchev–Trinajstić information content (AvgIpc) is 2.18. The van der Waals surface area contributed by atoms with Gasteiger partial charge in [-0.2, -0.15) is 13.2 Å². The molecule has 7 heteroatoms. The van der Waals surface area contributed by atoms with Crippen LogP contribution in [-0.2, 0) is 11.0 Å². The minimum absolute atomic E-state index is 0.0382. The van der Waals surface area contributed by atoms with E-state index in [1.54, 1.807) is 0 Å². The maximum atomic E-state index is 12.6. The molecule has 1 aromatic carbocycles. The SMILES string of the molecule is NC(=O)/C=C/c1c(C(F)(F)F)ccc(Cl)c1Cl. The maximum Gasteiger partial charge on any atom is 0.417 e. The van der Waals surface area contributed by atoms with Gasteiger partial charge in [0.2, 0.25) is 5.91 Å². The largest absolute Gasteiger partial charge is 0.417 e. The molecule has 0 aliphatic carbocycles. The Morgan fingerprint density at radius 3 is 2.35 bits per heavy atom. The van der Waals surface area contributed by atoms with Gasteiger partial charge >= 0.3 is 6.18 Å². The summed E-state index contributed by atoms with van der Waals surface area (Å²) < 4.78 is 37.9. The molecule has 92 valence electrons. The first-order valence-corrected chi connectivity index (χ1v) is 5.02. The standard InChI is InChI=1S/C10H6Cl2F3NO/c11-7-3-2-6(10(13,14)15)5(9(7)12)1-4-8(16)17/h1-4H,(H2,16,17)/b4-1+. The van der Waals surface area contributed by atoms with Crippen LogP contribution in [0.15, 0.2) is 18.2 Å². The Kier molecular flexibility index (Phi) is 4.06. The van der Waals surface area contributed by atoms with Gasteiger partial charge in [0, 0.05) is 11.6 Å². The maximum absolute atomic E-state index is 12.6. The Morgan fingerprint density at radius 2 is 1.88 bits per heavy atom. The van der Waals surface area contributed by atoms with Gasteiger partial charge in [-0.05, 0) is 18.2 Å². The fourth-order valence-electron chi connectivity index (χ4n) is 1.14. The van der Waals surface area contributed by atoms with E-state index in [-0.39, 0.29) is 15.6 Å². The zero-order valence-corrected chi connectivity index (χ0v) is 9.70. The van der Waals surface area contributed by atoms with Crippen molar-refractivity contribution in [3.8, 4) is 0 Å². The Balaban J connectivity index is 3.42. The van der Waals surface area contributed by atoms with E-state index >= 15 is 0 Å². The zero-order chi connectivity index (χ0) is 13.2. The zero-order valence-electron chi connectivity index (χ0n) is 8.18. The lowest BCUT2D eigenvalue weighted by molar-refractivity contribution is -0.137. The van der Waals surface area contributed by atoms with Crippen LogP contribution in [0.25, 0.3) is 6.08 Å². The van der Waals surface area contributed by atoms with E-state index in [2.05, 4.69) is 0 Å². The molecule has 0 heterocycles. The fraction of sp³-hybridized carbons (Fsp3) is 0.100. The summed E-state index contributed by atoms with van der Waals surface area (Å²) in [6.45, 7) is 0. The van der Waals surface area contributed by atoms with E-state index in [4.69, 9.17) is 28.9 Å². The van der Waals surface area contributed by atoms with Crippen LogP contribution in [0.2, 0.25) is 10.0 Å². The highest BCUT2D eigenvalue weighted by Crippen LogP contribution is 2.38. The normalized spacial score (nSPS) is 12.1. The van der Waals surface area contributed by atoms with Gasteiger partial charge in [-0.1, -0.05) is 23.2 Å². The van der Waals surface area contributed by atoms with Crippen LogP contribution in [0, 0.1) is 0 Å². The number of nitrogens with two attached hydrogens (primary N) is 1. The van der Waals surface area contributed by atoms with E-state index in [0.29, 0.717) is 0 Å². The summed E-state index contributed by atoms with van der Waals surface area (Å²) in [4.78, 5) is 10.5. The lowest BCUT2D eigenvalue weighted by Gasteiger charge is -2.12. The van der Waals surface area contributed by atoms with Gasteiger partial charge in [0.25, 0.3) is 0 Å². The molecule has 0 aliphatic rings. The van der Waals surface area contributed by atoms with Gasteiger partial charge in [-0.25, -0.2) is 0 Å². The first-order chi connectivity index (χ1) is 7.73. The number of carbonyl (C=O) groups excluding carboxylic acids is 1. The fourth-order valence-corrected chi connectivity index (χ4v) is 1.53. The quantitative estimate of drug-likeness (QED) is 0.830. The van der Waals surface area contributed by atoms with Crippen LogP contribution in [-0.4, -0.2) is 5.91 Å². The Hall–Kier alpha value is -1.20. The van der Waals surface area contributed by atoms with Crippen molar-refractivity contribution in [3.05, 3.63) is 39.4 Å². The topological polar surface area (TPSA) is 43.1 Å². The van der Waals surface area contributed by atoms with Crippen molar-refractivity contribution in [1.29, 1.82) is 0 Å². The lowest BCUT2D eigenvalue weighted by Crippen LogP contribution is -2.09. The lowest BCUT2D eigenvalue weighted by atomic mass is 10.1. The van der Waals surface area contributed by atoms with Crippen molar-refractivity contribution >= 4 is 35.2 Å². The molecule has 1 aromatic rings. The van der Waals surface area contributed by atoms with E-state index < -0.39 is 17.6 Å². The van der Waals surface area contributed by atoms with Crippen LogP contribution < -0.4 is 5.73 Å². The molecule has 0 aliphatic heterocycles. The molecule has 0 unspecified atom stereocenters. The number of hydrogen-bond donors (Lipinski definition) is 1. The number of hydrogen-bond acceptors (Lipinski definition) is 1. The van der Waals surface area contributed by atoms with Crippen molar-refractivity contribution in [2.24, 2.45) is 5.73 Å². The first kappa shape index (κ1) is 13.9. The molecule has 0 fully saturated rings. The van der Waals surface area contributed by atoms with Crippen LogP contribution in [0.1, 0.15) is 11.1 Å². The molecule has 2 N–H and O–H groups in total. The number of benzene rings is 1. The van der Waals surface area contributed by atoms with Crippen molar-refractivity contribution in [2.45, 2.75) is 6.18 Å². The predicted molar refractivity (Wildman–Crippen MR) is 59.7 cm³/mol. The van der Waals surface area contributed by atoms with Gasteiger partial charge in [0.1, 0.15) is 0 Å². The molecule has 1 amide bonds. The van der Waals surface area contributed by atoms with Crippen LogP contribution >= 0.6 is 23.2 Å². The molecule has 0 saturated carbocycles. The molecule has 0 saturated heterocycles. The molecule has 0 bridgehead atoms. The number of primary amides is 1. The van der Waals surface area contributed by atoms with Gasteiger partial charge in [-0.3, -0.25) is 4.79 Å². The van der Waals surface area contributed by atoms with E-state index in [9.17, 15) is 18.0 Å². The smallest absolute Gasteiger partial charge is 0.366 e. The molecular weight excluding hydrogens is 278 g/mol. The summed E-state index contributed by atoms with van der Waals surface area (Å²) in [6.07, 6.45) is -2.92. The molecule has 0 atom stereocenters. The number of amides is 1. The van der Waals surface area contributed by atoms with E-state index in [1.807, 2.05) is 0 Å². The summed E-state index contributed by atoms with van der Waals surface area (Å²) in [5.41, 5.74) is 3.44. The number of carbonyl (C=O) groups is 1. The van der Waals surface area contributed by atoms with Crippen molar-refractivity contribution < 1.29 is 18.0 Å². The third-order valence-corrected chi connectivity index (χ3v) is 2.67. The van der Waals surface area contributed by atoms with Crippen LogP contribution in [0.5, 0.6) is 0 Å². The third kappa shape index (κ3) is 3.38. The van der Waals surface area contributed by atoms with Crippen LogP contribution in [0.4, 0.5) is 13.2 Å². The van der Waals surface area contributed by atoms with E-state index in [1.165, 1.54) is 0 Å². The molecule has 0 spiro atoms. The summed E-state index contributed by atoms with van der Waals surface area (Å²) in [5.74, 6) is -0.880. The van der Waals surface area contributed by atoms with Gasteiger partial charge in [-0.15, -0.1) is 0 Å². The summed E-state index contributed by atoms with van der Waals surface area (Å²) in [5, 5.41) is -0.317. The highest BCUT2D eigenvalue weighted by Gasteiger charge is 2.34. The molecule has 0 aromatic heterocycles. The summed E-state index contributed by atoms with van der Waals surface area (Å²) >= 11 is 11.3. The molecular formula is C10H6Cl2F3NO. The third-order valence-electron chi connectivity index (χ3n) is 1.85. The first-order valence-electron chi connectivity index (χ1n) is 4.26. The van der Waals surface area contributed by atoms with Gasteiger partial charge < -0.3 is 5.73 Å². The molecule has 2 nitrogen and oxygen atoms in total. The van der Waals surface area contributed by atoms with Crippen molar-refractivity contribution in [2.75, 3.05) is 0 Å². The average molecular weight is 284 g/mol. The second-order valence-electron chi connectivity index (χ2n) is 3.06. The minimum Gasteiger partial charge on any atom is -0.366 e. The second-order valence-corrected chi connectivity index (χ2v) is 3.84. The monoisotopic (exact) mass is 283 g/mol. The van der Waals surface area contributed by atoms with Crippen molar-refractivity contribution in [3.63, 3.8) is 0 Å². The molecule has 1 rings (SSSR count). The second kappa shape index (κ2) is 4.98. The Morgan fingerprint density at radius 1 is 1.29 bits per heavy atom.